The maximum atomic E-state index is 13.2. The van der Waals surface area contributed by atoms with E-state index in [2.05, 4.69) is 10.3 Å². The summed E-state index contributed by atoms with van der Waals surface area (Å²) in [6.07, 6.45) is 3.75. The van der Waals surface area contributed by atoms with Crippen LogP contribution in [-0.4, -0.2) is 36.3 Å². The van der Waals surface area contributed by atoms with Gasteiger partial charge in [0.1, 0.15) is 17.1 Å². The summed E-state index contributed by atoms with van der Waals surface area (Å²) in [4.78, 5) is 17.7. The third-order valence-electron chi connectivity index (χ3n) is 5.95. The summed E-state index contributed by atoms with van der Waals surface area (Å²) in [5.41, 5.74) is 3.35. The van der Waals surface area contributed by atoms with Crippen LogP contribution in [0.5, 0.6) is 23.0 Å². The Bertz CT molecular complexity index is 1360. The maximum Gasteiger partial charge on any atom is 0.231 e. The predicted molar refractivity (Wildman–Crippen MR) is 131 cm³/mol. The molecule has 9 heteroatoms. The molecule has 3 heterocycles. The highest BCUT2D eigenvalue weighted by atomic mass is 35.5. The van der Waals surface area contributed by atoms with Gasteiger partial charge in [0, 0.05) is 37.3 Å². The van der Waals surface area contributed by atoms with Crippen molar-refractivity contribution < 1.29 is 23.7 Å². The summed E-state index contributed by atoms with van der Waals surface area (Å²) in [6.45, 7) is 0.572. The number of methoxy groups -OCH3 is 2. The Labute approximate surface area is 207 Å². The SMILES string of the molecule is COc1cc(OC)cc([C@H](CC(=O)NCc2ccc3c(c2)OCO3)c2cnc3ccc(Cl)cn23)c1. The topological polar surface area (TPSA) is 83.3 Å². The Balaban J connectivity index is 1.44. The van der Waals surface area contributed by atoms with Crippen molar-refractivity contribution in [3.05, 3.63) is 82.8 Å². The lowest BCUT2D eigenvalue weighted by Crippen LogP contribution is -2.25. The van der Waals surface area contributed by atoms with E-state index in [-0.39, 0.29) is 25.0 Å². The average Bonchev–Trinajstić information content (AvgIpc) is 3.52. The number of hydrogen-bond donors (Lipinski definition) is 1. The van der Waals surface area contributed by atoms with Crippen LogP contribution in [0.25, 0.3) is 5.65 Å². The summed E-state index contributed by atoms with van der Waals surface area (Å²) in [5.74, 6) is 2.21. The number of imidazole rings is 1. The van der Waals surface area contributed by atoms with Crippen LogP contribution in [0, 0.1) is 0 Å². The highest BCUT2D eigenvalue weighted by Gasteiger charge is 2.24. The third-order valence-corrected chi connectivity index (χ3v) is 6.17. The van der Waals surface area contributed by atoms with E-state index < -0.39 is 0 Å². The minimum Gasteiger partial charge on any atom is -0.497 e. The molecule has 1 aliphatic rings. The van der Waals surface area contributed by atoms with Gasteiger partial charge in [-0.25, -0.2) is 4.98 Å². The lowest BCUT2D eigenvalue weighted by atomic mass is 9.91. The molecule has 1 aliphatic heterocycles. The molecule has 0 fully saturated rings. The Morgan fingerprint density at radius 2 is 1.86 bits per heavy atom. The van der Waals surface area contributed by atoms with Gasteiger partial charge in [0.25, 0.3) is 0 Å². The molecule has 4 aromatic rings. The minimum atomic E-state index is -0.329. The molecule has 0 spiro atoms. The van der Waals surface area contributed by atoms with Crippen LogP contribution in [0.15, 0.2) is 60.9 Å². The van der Waals surface area contributed by atoms with Crippen LogP contribution in [0.2, 0.25) is 5.02 Å². The van der Waals surface area contributed by atoms with Crippen molar-refractivity contribution in [3.8, 4) is 23.0 Å². The molecule has 35 heavy (non-hydrogen) atoms. The van der Waals surface area contributed by atoms with Crippen molar-refractivity contribution in [3.63, 3.8) is 0 Å². The van der Waals surface area contributed by atoms with Gasteiger partial charge in [0.2, 0.25) is 12.7 Å². The van der Waals surface area contributed by atoms with Gasteiger partial charge in [-0.1, -0.05) is 17.7 Å². The average molecular weight is 494 g/mol. The zero-order valence-corrected chi connectivity index (χ0v) is 20.0. The molecule has 0 saturated carbocycles. The molecule has 1 atom stereocenters. The zero-order valence-electron chi connectivity index (χ0n) is 19.3. The molecule has 0 radical (unpaired) electrons. The first-order valence-electron chi connectivity index (χ1n) is 11.0. The normalized spacial score (nSPS) is 13.0. The number of carbonyl (C=O) groups excluding carboxylic acids is 1. The van der Waals surface area contributed by atoms with Gasteiger partial charge in [-0.3, -0.25) is 4.79 Å². The second-order valence-electron chi connectivity index (χ2n) is 8.13. The standard InChI is InChI=1S/C26H24ClN3O5/c1-32-19-8-17(9-20(10-19)33-2)21(22-13-28-25-6-4-18(27)14-30(22)25)11-26(31)29-12-16-3-5-23-24(7-16)35-15-34-23/h3-10,13-14,21H,11-12,15H2,1-2H3,(H,29,31)/t21-/m0/s1. The van der Waals surface area contributed by atoms with Gasteiger partial charge < -0.3 is 28.7 Å². The summed E-state index contributed by atoms with van der Waals surface area (Å²) >= 11 is 6.27. The van der Waals surface area contributed by atoms with Crippen molar-refractivity contribution in [1.82, 2.24) is 14.7 Å². The molecular weight excluding hydrogens is 470 g/mol. The number of hydrogen-bond acceptors (Lipinski definition) is 6. The first-order chi connectivity index (χ1) is 17.0. The molecule has 0 aliphatic carbocycles. The Morgan fingerprint density at radius 3 is 2.63 bits per heavy atom. The number of pyridine rings is 1. The van der Waals surface area contributed by atoms with Crippen LogP contribution in [-0.2, 0) is 11.3 Å². The number of ether oxygens (including phenoxy) is 4. The monoisotopic (exact) mass is 493 g/mol. The van der Waals surface area contributed by atoms with Crippen molar-refractivity contribution in [1.29, 1.82) is 0 Å². The first-order valence-corrected chi connectivity index (χ1v) is 11.4. The molecular formula is C26H24ClN3O5. The molecule has 1 amide bonds. The van der Waals surface area contributed by atoms with E-state index in [0.717, 1.165) is 22.5 Å². The van der Waals surface area contributed by atoms with Crippen molar-refractivity contribution in [2.24, 2.45) is 0 Å². The number of benzene rings is 2. The quantitative estimate of drug-likeness (QED) is 0.387. The number of rotatable bonds is 8. The third kappa shape index (κ3) is 4.83. The molecule has 2 aromatic heterocycles. The van der Waals surface area contributed by atoms with Crippen molar-refractivity contribution >= 4 is 23.2 Å². The first kappa shape index (κ1) is 22.9. The lowest BCUT2D eigenvalue weighted by Gasteiger charge is -2.19. The zero-order chi connectivity index (χ0) is 24.4. The Morgan fingerprint density at radius 1 is 1.09 bits per heavy atom. The number of nitrogens with zero attached hydrogens (tertiary/aromatic N) is 2. The van der Waals surface area contributed by atoms with E-state index in [9.17, 15) is 4.79 Å². The molecule has 180 valence electrons. The van der Waals surface area contributed by atoms with Crippen LogP contribution in [0.1, 0.15) is 29.2 Å². The van der Waals surface area contributed by atoms with E-state index in [1.165, 1.54) is 0 Å². The number of halogens is 1. The van der Waals surface area contributed by atoms with Crippen LogP contribution in [0.3, 0.4) is 0 Å². The summed E-state index contributed by atoms with van der Waals surface area (Å²) in [5, 5.41) is 3.59. The summed E-state index contributed by atoms with van der Waals surface area (Å²) in [7, 11) is 3.19. The van der Waals surface area contributed by atoms with Crippen LogP contribution < -0.4 is 24.3 Å². The van der Waals surface area contributed by atoms with E-state index in [0.29, 0.717) is 34.6 Å². The second kappa shape index (κ2) is 9.76. The molecule has 0 bridgehead atoms. The van der Waals surface area contributed by atoms with E-state index in [4.69, 9.17) is 30.5 Å². The highest BCUT2D eigenvalue weighted by Crippen LogP contribution is 2.35. The number of carbonyl (C=O) groups is 1. The molecule has 0 unspecified atom stereocenters. The molecule has 0 saturated heterocycles. The van der Waals surface area contributed by atoms with Gasteiger partial charge in [0.05, 0.1) is 24.9 Å². The number of amides is 1. The van der Waals surface area contributed by atoms with Crippen LogP contribution >= 0.6 is 11.6 Å². The van der Waals surface area contributed by atoms with Crippen molar-refractivity contribution in [2.45, 2.75) is 18.9 Å². The largest absolute Gasteiger partial charge is 0.497 e. The van der Waals surface area contributed by atoms with Crippen LogP contribution in [0.4, 0.5) is 0 Å². The summed E-state index contributed by atoms with van der Waals surface area (Å²) < 4.78 is 23.6. The summed E-state index contributed by atoms with van der Waals surface area (Å²) in [6, 6.07) is 14.9. The Hall–Kier alpha value is -3.91. The fourth-order valence-electron chi connectivity index (χ4n) is 4.16. The van der Waals surface area contributed by atoms with Gasteiger partial charge >= 0.3 is 0 Å². The predicted octanol–water partition coefficient (Wildman–Crippen LogP) is 4.57. The Kier molecular flexibility index (Phi) is 6.37. The fourth-order valence-corrected chi connectivity index (χ4v) is 4.32. The second-order valence-corrected chi connectivity index (χ2v) is 8.56. The molecule has 5 rings (SSSR count). The van der Waals surface area contributed by atoms with Gasteiger partial charge in [0.15, 0.2) is 11.5 Å². The highest BCUT2D eigenvalue weighted by molar-refractivity contribution is 6.30. The number of fused-ring (bicyclic) bond motifs is 2. The van der Waals surface area contributed by atoms with Gasteiger partial charge in [-0.2, -0.15) is 0 Å². The number of nitrogens with one attached hydrogen (secondary N) is 1. The van der Waals surface area contributed by atoms with E-state index in [1.54, 1.807) is 38.7 Å². The van der Waals surface area contributed by atoms with E-state index >= 15 is 0 Å². The maximum absolute atomic E-state index is 13.2. The number of aromatic nitrogens is 2. The smallest absolute Gasteiger partial charge is 0.231 e. The van der Waals surface area contributed by atoms with Gasteiger partial charge in [-0.15, -0.1) is 0 Å². The molecule has 1 N–H and O–H groups in total. The molecule has 8 nitrogen and oxygen atoms in total. The lowest BCUT2D eigenvalue weighted by molar-refractivity contribution is -0.121. The fraction of sp³-hybridized carbons (Fsp3) is 0.231. The van der Waals surface area contributed by atoms with Crippen molar-refractivity contribution in [2.75, 3.05) is 21.0 Å². The van der Waals surface area contributed by atoms with E-state index in [1.807, 2.05) is 40.8 Å². The minimum absolute atomic E-state index is 0.119. The molecule has 2 aromatic carbocycles. The van der Waals surface area contributed by atoms with Gasteiger partial charge in [-0.05, 0) is 47.5 Å².